The van der Waals surface area contributed by atoms with Crippen LogP contribution in [-0.2, 0) is 14.4 Å². The molecule has 1 aromatic heterocycles. The molecule has 0 bridgehead atoms. The lowest BCUT2D eigenvalue weighted by atomic mass is 9.85. The first-order valence-electron chi connectivity index (χ1n) is 17.0. The number of carbonyl (C=O) groups excluding carboxylic acids is 3. The lowest BCUT2D eigenvalue weighted by Crippen LogP contribution is -2.57. The number of likely N-dealkylation sites (tertiary alicyclic amines) is 1. The van der Waals surface area contributed by atoms with Crippen molar-refractivity contribution in [3.05, 3.63) is 51.5 Å². The van der Waals surface area contributed by atoms with E-state index in [0.717, 1.165) is 79.5 Å². The van der Waals surface area contributed by atoms with Crippen LogP contribution in [-0.4, -0.2) is 64.0 Å². The molecule has 11 nitrogen and oxygen atoms in total. The third-order valence-corrected chi connectivity index (χ3v) is 9.76. The standard InChI is InChI=1S/C35H53N7O4S/c1-24(26-16-18-27(19-17-26)31-25(2)37-23-47-31)39-33(45)29-21-28(43)22-42(29)34(46)32(35(3,4)5)40-30(44)15-13-11-9-7-6-8-10-12-14-20-38-41-36/h16-19,23-24,28-29,32,43H,6-15,20-22H2,1-5H3,(H,39,45)(H,40,44)/t24-,28+,29-,32+/m0/s1. The van der Waals surface area contributed by atoms with Gasteiger partial charge in [-0.15, -0.1) is 11.3 Å². The molecule has 1 aromatic carbocycles. The van der Waals surface area contributed by atoms with Crippen LogP contribution in [0.1, 0.15) is 116 Å². The maximum absolute atomic E-state index is 13.9. The molecule has 2 heterocycles. The Bertz CT molecular complexity index is 1350. The predicted molar refractivity (Wildman–Crippen MR) is 187 cm³/mol. The van der Waals surface area contributed by atoms with Crippen molar-refractivity contribution in [2.75, 3.05) is 13.1 Å². The lowest BCUT2D eigenvalue weighted by Gasteiger charge is -2.35. The highest BCUT2D eigenvalue weighted by atomic mass is 32.1. The number of hydrogen-bond acceptors (Lipinski definition) is 7. The van der Waals surface area contributed by atoms with Crippen molar-refractivity contribution in [2.24, 2.45) is 10.5 Å². The number of thiazole rings is 1. The molecule has 0 radical (unpaired) electrons. The monoisotopic (exact) mass is 667 g/mol. The van der Waals surface area contributed by atoms with Crippen LogP contribution in [0, 0.1) is 12.3 Å². The Morgan fingerprint density at radius 1 is 1.04 bits per heavy atom. The van der Waals surface area contributed by atoms with E-state index in [2.05, 4.69) is 25.6 Å². The van der Waals surface area contributed by atoms with E-state index in [9.17, 15) is 19.5 Å². The Morgan fingerprint density at radius 3 is 2.23 bits per heavy atom. The second kappa shape index (κ2) is 18.8. The van der Waals surface area contributed by atoms with Crippen molar-refractivity contribution in [2.45, 2.75) is 129 Å². The number of carbonyl (C=O) groups is 3. The summed E-state index contributed by atoms with van der Waals surface area (Å²) in [6, 6.07) is 6.05. The van der Waals surface area contributed by atoms with Crippen molar-refractivity contribution in [3.63, 3.8) is 0 Å². The van der Waals surface area contributed by atoms with Gasteiger partial charge in [0, 0.05) is 30.8 Å². The number of aliphatic hydroxyl groups excluding tert-OH is 1. The van der Waals surface area contributed by atoms with Gasteiger partial charge in [-0.05, 0) is 48.8 Å². The highest BCUT2D eigenvalue weighted by Crippen LogP contribution is 2.29. The topological polar surface area (TPSA) is 160 Å². The molecule has 1 aliphatic rings. The molecule has 3 rings (SSSR count). The zero-order chi connectivity index (χ0) is 34.4. The van der Waals surface area contributed by atoms with Crippen molar-refractivity contribution in [3.8, 4) is 10.4 Å². The number of aromatic nitrogens is 1. The maximum Gasteiger partial charge on any atom is 0.246 e. The predicted octanol–water partition coefficient (Wildman–Crippen LogP) is 7.00. The van der Waals surface area contributed by atoms with E-state index < -0.39 is 23.6 Å². The van der Waals surface area contributed by atoms with E-state index in [1.165, 1.54) is 4.90 Å². The summed E-state index contributed by atoms with van der Waals surface area (Å²) >= 11 is 1.59. The molecule has 1 aliphatic heterocycles. The van der Waals surface area contributed by atoms with E-state index in [0.29, 0.717) is 13.0 Å². The SMILES string of the molecule is Cc1ncsc1-c1ccc([C@H](C)NC(=O)[C@@H]2C[C@@H](O)CN2C(=O)[C@@H](NC(=O)CCCCCCCCCCCN=[N+]=[N-])C(C)(C)C)cc1. The number of aryl methyl sites for hydroxylation is 1. The van der Waals surface area contributed by atoms with Gasteiger partial charge < -0.3 is 20.6 Å². The molecule has 1 saturated heterocycles. The highest BCUT2D eigenvalue weighted by molar-refractivity contribution is 7.13. The quantitative estimate of drug-likeness (QED) is 0.0674. The molecule has 0 unspecified atom stereocenters. The molecule has 258 valence electrons. The Balaban J connectivity index is 1.49. The minimum absolute atomic E-state index is 0.0461. The highest BCUT2D eigenvalue weighted by Gasteiger charge is 2.44. The van der Waals surface area contributed by atoms with Crippen molar-refractivity contribution in [1.29, 1.82) is 0 Å². The summed E-state index contributed by atoms with van der Waals surface area (Å²) in [5.41, 5.74) is 12.5. The first-order valence-corrected chi connectivity index (χ1v) is 17.9. The van der Waals surface area contributed by atoms with Crippen LogP contribution in [0.2, 0.25) is 0 Å². The van der Waals surface area contributed by atoms with Crippen LogP contribution in [0.15, 0.2) is 34.9 Å². The summed E-state index contributed by atoms with van der Waals surface area (Å²) < 4.78 is 0. The molecular weight excluding hydrogens is 614 g/mol. The zero-order valence-electron chi connectivity index (χ0n) is 28.7. The van der Waals surface area contributed by atoms with Gasteiger partial charge in [-0.1, -0.05) is 95.1 Å². The molecule has 0 spiro atoms. The zero-order valence-corrected chi connectivity index (χ0v) is 29.5. The fourth-order valence-electron chi connectivity index (χ4n) is 6.00. The number of rotatable bonds is 18. The summed E-state index contributed by atoms with van der Waals surface area (Å²) in [6.45, 7) is 10.2. The minimum atomic E-state index is -0.827. The van der Waals surface area contributed by atoms with Crippen molar-refractivity contribution < 1.29 is 19.5 Å². The van der Waals surface area contributed by atoms with Gasteiger partial charge in [0.1, 0.15) is 12.1 Å². The van der Waals surface area contributed by atoms with Gasteiger partial charge in [0.25, 0.3) is 0 Å². The first-order chi connectivity index (χ1) is 22.4. The van der Waals surface area contributed by atoms with E-state index in [1.54, 1.807) is 11.3 Å². The number of nitrogens with zero attached hydrogens (tertiary/aromatic N) is 5. The Kier molecular flexibility index (Phi) is 15.2. The summed E-state index contributed by atoms with van der Waals surface area (Å²) in [7, 11) is 0. The van der Waals surface area contributed by atoms with Gasteiger partial charge in [-0.2, -0.15) is 0 Å². The number of nitrogens with one attached hydrogen (secondary N) is 2. The van der Waals surface area contributed by atoms with Gasteiger partial charge in [-0.25, -0.2) is 4.98 Å². The Hall–Kier alpha value is -3.47. The van der Waals surface area contributed by atoms with Crippen LogP contribution in [0.4, 0.5) is 0 Å². The Labute approximate surface area is 283 Å². The minimum Gasteiger partial charge on any atom is -0.391 e. The number of amides is 3. The lowest BCUT2D eigenvalue weighted by molar-refractivity contribution is -0.144. The van der Waals surface area contributed by atoms with E-state index >= 15 is 0 Å². The van der Waals surface area contributed by atoms with Crippen LogP contribution in [0.3, 0.4) is 0 Å². The molecule has 47 heavy (non-hydrogen) atoms. The molecule has 0 saturated carbocycles. The second-order valence-corrected chi connectivity index (χ2v) is 14.6. The largest absolute Gasteiger partial charge is 0.391 e. The molecule has 1 fully saturated rings. The van der Waals surface area contributed by atoms with Crippen LogP contribution >= 0.6 is 11.3 Å². The summed E-state index contributed by atoms with van der Waals surface area (Å²) in [6.07, 6.45) is 9.03. The van der Waals surface area contributed by atoms with E-state index in [1.807, 2.05) is 64.4 Å². The molecular formula is C35H53N7O4S. The maximum atomic E-state index is 13.9. The Morgan fingerprint density at radius 2 is 1.66 bits per heavy atom. The fraction of sp³-hybridized carbons (Fsp3) is 0.657. The van der Waals surface area contributed by atoms with Gasteiger partial charge in [0.15, 0.2) is 0 Å². The number of unbranched alkanes of at least 4 members (excludes halogenated alkanes) is 8. The number of benzene rings is 1. The molecule has 2 aromatic rings. The van der Waals surface area contributed by atoms with Gasteiger partial charge in [0.05, 0.1) is 28.2 Å². The third kappa shape index (κ3) is 11.9. The van der Waals surface area contributed by atoms with Gasteiger partial charge >= 0.3 is 0 Å². The number of aliphatic hydroxyl groups is 1. The molecule has 0 aliphatic carbocycles. The fourth-order valence-corrected chi connectivity index (χ4v) is 6.81. The molecule has 12 heteroatoms. The smallest absolute Gasteiger partial charge is 0.246 e. The summed E-state index contributed by atoms with van der Waals surface area (Å²) in [5.74, 6) is -0.847. The molecule has 4 atom stereocenters. The number of azide groups is 1. The second-order valence-electron chi connectivity index (χ2n) is 13.8. The van der Waals surface area contributed by atoms with Crippen LogP contribution < -0.4 is 10.6 Å². The number of β-amino-alcohol motifs (C(OH)–C–C–N with tert-alkyl or cyclic N) is 1. The third-order valence-electron chi connectivity index (χ3n) is 8.79. The molecule has 3 amide bonds. The van der Waals surface area contributed by atoms with Gasteiger partial charge in [-0.3, -0.25) is 14.4 Å². The van der Waals surface area contributed by atoms with E-state index in [4.69, 9.17) is 5.53 Å². The van der Waals surface area contributed by atoms with Crippen molar-refractivity contribution in [1.82, 2.24) is 20.5 Å². The average Bonchev–Trinajstić information content (AvgIpc) is 3.64. The first kappa shape index (κ1) is 38.0. The van der Waals surface area contributed by atoms with Crippen molar-refractivity contribution >= 4 is 29.1 Å². The number of hydrogen-bond donors (Lipinski definition) is 3. The molecule has 3 N–H and O–H groups in total. The summed E-state index contributed by atoms with van der Waals surface area (Å²) in [5, 5.41) is 20.1. The average molecular weight is 668 g/mol. The van der Waals surface area contributed by atoms with Gasteiger partial charge in [0.2, 0.25) is 17.7 Å². The van der Waals surface area contributed by atoms with E-state index in [-0.39, 0.29) is 36.7 Å². The van der Waals surface area contributed by atoms with Crippen LogP contribution in [0.25, 0.3) is 20.9 Å². The van der Waals surface area contributed by atoms with Crippen LogP contribution in [0.5, 0.6) is 0 Å². The summed E-state index contributed by atoms with van der Waals surface area (Å²) in [4.78, 5) is 50.0. The normalized spacial score (nSPS) is 17.5.